The first-order valence-corrected chi connectivity index (χ1v) is 10.8. The normalized spacial score (nSPS) is 13.8. The molecule has 0 unspecified atom stereocenters. The number of fused-ring (bicyclic) bond motifs is 4. The summed E-state index contributed by atoms with van der Waals surface area (Å²) in [7, 11) is 3.81. The number of nitrogens with zero attached hydrogens (tertiary/aromatic N) is 7. The molecule has 8 nitrogen and oxygen atoms in total. The highest BCUT2D eigenvalue weighted by Gasteiger charge is 2.19. The van der Waals surface area contributed by atoms with Crippen molar-refractivity contribution < 1.29 is 0 Å². The predicted octanol–water partition coefficient (Wildman–Crippen LogP) is 2.83. The Morgan fingerprint density at radius 3 is 2.84 bits per heavy atom. The topological polar surface area (TPSA) is 82.9 Å². The summed E-state index contributed by atoms with van der Waals surface area (Å²) in [6.07, 6.45) is 8.44. The van der Waals surface area contributed by atoms with E-state index in [4.69, 9.17) is 4.98 Å². The quantitative estimate of drug-likeness (QED) is 0.440. The molecular weight excluding hydrogens is 410 g/mol. The summed E-state index contributed by atoms with van der Waals surface area (Å²) < 4.78 is 6.25. The monoisotopic (exact) mass is 429 g/mol. The molecule has 6 rings (SSSR count). The molecule has 0 spiro atoms. The first-order valence-electron chi connectivity index (χ1n) is 10.0. The van der Waals surface area contributed by atoms with Gasteiger partial charge in [0.1, 0.15) is 10.5 Å². The molecule has 0 aliphatic carbocycles. The van der Waals surface area contributed by atoms with Gasteiger partial charge in [0.05, 0.1) is 35.7 Å². The molecular formula is C22H19N7OS. The third-order valence-corrected chi connectivity index (χ3v) is 6.89. The summed E-state index contributed by atoms with van der Waals surface area (Å²) in [6.45, 7) is 1.14. The van der Waals surface area contributed by atoms with E-state index in [-0.39, 0.29) is 5.56 Å². The fraction of sp³-hybridized carbons (Fsp3) is 0.227. The number of aromatic nitrogens is 6. The van der Waals surface area contributed by atoms with Crippen LogP contribution in [-0.2, 0) is 27.1 Å². The average molecular weight is 430 g/mol. The van der Waals surface area contributed by atoms with Gasteiger partial charge in [-0.25, -0.2) is 9.67 Å². The van der Waals surface area contributed by atoms with E-state index in [9.17, 15) is 4.79 Å². The van der Waals surface area contributed by atoms with Crippen LogP contribution in [0.15, 0.2) is 52.5 Å². The maximum Gasteiger partial charge on any atom is 0.291 e. The minimum atomic E-state index is -0.115. The molecule has 4 aromatic heterocycles. The van der Waals surface area contributed by atoms with Crippen molar-refractivity contribution in [3.05, 3.63) is 63.7 Å². The lowest BCUT2D eigenvalue weighted by molar-refractivity contribution is 0.647. The fourth-order valence-electron chi connectivity index (χ4n) is 4.24. The Labute approximate surface area is 180 Å². The first-order chi connectivity index (χ1) is 15.1. The molecule has 31 heavy (non-hydrogen) atoms. The van der Waals surface area contributed by atoms with Crippen molar-refractivity contribution in [1.29, 1.82) is 0 Å². The second-order valence-electron chi connectivity index (χ2n) is 7.72. The summed E-state index contributed by atoms with van der Waals surface area (Å²) in [5.41, 5.74) is 4.44. The SMILES string of the molecule is Cn1ncc2c(Cn3ncc4c5sc(CC6=NCC=C6)nc5n(C)c4c3=O)cccc21. The molecule has 5 heterocycles. The maximum absolute atomic E-state index is 13.3. The summed E-state index contributed by atoms with van der Waals surface area (Å²) in [5.74, 6) is 0. The number of benzene rings is 1. The van der Waals surface area contributed by atoms with Crippen LogP contribution in [0, 0.1) is 0 Å². The van der Waals surface area contributed by atoms with E-state index in [1.807, 2.05) is 53.8 Å². The van der Waals surface area contributed by atoms with Gasteiger partial charge in [0.25, 0.3) is 5.56 Å². The van der Waals surface area contributed by atoms with Gasteiger partial charge in [-0.2, -0.15) is 10.2 Å². The van der Waals surface area contributed by atoms with Crippen molar-refractivity contribution in [1.82, 2.24) is 29.1 Å². The highest BCUT2D eigenvalue weighted by molar-refractivity contribution is 7.19. The molecule has 0 N–H and O–H groups in total. The number of thiazole rings is 1. The van der Waals surface area contributed by atoms with Crippen molar-refractivity contribution in [3.63, 3.8) is 0 Å². The molecule has 9 heteroatoms. The van der Waals surface area contributed by atoms with E-state index >= 15 is 0 Å². The van der Waals surface area contributed by atoms with Crippen LogP contribution in [0.1, 0.15) is 10.6 Å². The Kier molecular flexibility index (Phi) is 3.94. The third-order valence-electron chi connectivity index (χ3n) is 5.81. The van der Waals surface area contributed by atoms with E-state index in [0.29, 0.717) is 12.1 Å². The standard InChI is InChI=1S/C22H19N7OS/c1-27-19-16(20-21(27)26-18(31-20)9-14-6-4-8-23-14)11-25-29(22(19)30)12-13-5-3-7-17-15(13)10-24-28(17)2/h3-7,10-11H,8-9,12H2,1-2H3. The van der Waals surface area contributed by atoms with Gasteiger partial charge in [0.2, 0.25) is 0 Å². The zero-order valence-electron chi connectivity index (χ0n) is 17.1. The lowest BCUT2D eigenvalue weighted by atomic mass is 10.1. The van der Waals surface area contributed by atoms with Crippen molar-refractivity contribution in [2.75, 3.05) is 6.54 Å². The minimum Gasteiger partial charge on any atom is -0.323 e. The smallest absolute Gasteiger partial charge is 0.291 e. The maximum atomic E-state index is 13.3. The third kappa shape index (κ3) is 2.77. The fourth-order valence-corrected chi connectivity index (χ4v) is 5.36. The van der Waals surface area contributed by atoms with E-state index in [0.717, 1.165) is 55.9 Å². The van der Waals surface area contributed by atoms with Gasteiger partial charge in [0, 0.05) is 37.0 Å². The van der Waals surface area contributed by atoms with Gasteiger partial charge in [-0.15, -0.1) is 11.3 Å². The van der Waals surface area contributed by atoms with Gasteiger partial charge >= 0.3 is 0 Å². The molecule has 0 bridgehead atoms. The van der Waals surface area contributed by atoms with E-state index in [1.165, 1.54) is 4.68 Å². The molecule has 0 radical (unpaired) electrons. The van der Waals surface area contributed by atoms with Crippen LogP contribution in [0.4, 0.5) is 0 Å². The number of allylic oxidation sites excluding steroid dienone is 1. The van der Waals surface area contributed by atoms with Crippen LogP contribution in [0.3, 0.4) is 0 Å². The molecule has 5 aromatic rings. The summed E-state index contributed by atoms with van der Waals surface area (Å²) in [6, 6.07) is 6.02. The highest BCUT2D eigenvalue weighted by Crippen LogP contribution is 2.31. The minimum absolute atomic E-state index is 0.115. The van der Waals surface area contributed by atoms with Crippen LogP contribution in [-0.4, -0.2) is 41.4 Å². The number of hydrogen-bond acceptors (Lipinski definition) is 6. The summed E-state index contributed by atoms with van der Waals surface area (Å²) in [4.78, 5) is 22.6. The summed E-state index contributed by atoms with van der Waals surface area (Å²) >= 11 is 1.61. The van der Waals surface area contributed by atoms with Crippen molar-refractivity contribution in [2.45, 2.75) is 13.0 Å². The molecule has 1 aromatic carbocycles. The molecule has 0 fully saturated rings. The second kappa shape index (κ2) is 6.71. The van der Waals surface area contributed by atoms with Crippen LogP contribution < -0.4 is 5.56 Å². The molecule has 0 atom stereocenters. The number of aryl methyl sites for hydroxylation is 2. The Balaban J connectivity index is 1.44. The molecule has 0 saturated heterocycles. The Bertz CT molecular complexity index is 1610. The van der Waals surface area contributed by atoms with Gasteiger partial charge in [-0.05, 0) is 17.7 Å². The van der Waals surface area contributed by atoms with Crippen molar-refractivity contribution >= 4 is 49.2 Å². The molecule has 0 amide bonds. The van der Waals surface area contributed by atoms with Gasteiger partial charge < -0.3 is 4.57 Å². The molecule has 1 aliphatic rings. The Hall–Kier alpha value is -3.59. The largest absolute Gasteiger partial charge is 0.323 e. The van der Waals surface area contributed by atoms with E-state index in [2.05, 4.69) is 21.3 Å². The Morgan fingerprint density at radius 1 is 1.13 bits per heavy atom. The van der Waals surface area contributed by atoms with E-state index < -0.39 is 0 Å². The Morgan fingerprint density at radius 2 is 2.00 bits per heavy atom. The van der Waals surface area contributed by atoms with Crippen LogP contribution in [0.2, 0.25) is 0 Å². The van der Waals surface area contributed by atoms with Crippen LogP contribution in [0.25, 0.3) is 32.2 Å². The number of hydrogen-bond donors (Lipinski definition) is 0. The molecule has 0 saturated carbocycles. The zero-order chi connectivity index (χ0) is 21.1. The summed E-state index contributed by atoms with van der Waals surface area (Å²) in [5, 5.41) is 11.7. The van der Waals surface area contributed by atoms with Crippen molar-refractivity contribution in [3.8, 4) is 0 Å². The van der Waals surface area contributed by atoms with Crippen LogP contribution in [0.5, 0.6) is 0 Å². The van der Waals surface area contributed by atoms with Crippen LogP contribution >= 0.6 is 11.3 Å². The molecule has 1 aliphatic heterocycles. The number of aliphatic imine (C=N–C) groups is 1. The number of rotatable bonds is 4. The first kappa shape index (κ1) is 18.2. The van der Waals surface area contributed by atoms with E-state index in [1.54, 1.807) is 17.5 Å². The van der Waals surface area contributed by atoms with Crippen molar-refractivity contribution in [2.24, 2.45) is 19.1 Å². The predicted molar refractivity (Wildman–Crippen MR) is 123 cm³/mol. The van der Waals surface area contributed by atoms with Gasteiger partial charge in [-0.1, -0.05) is 18.2 Å². The molecule has 154 valence electrons. The highest BCUT2D eigenvalue weighted by atomic mass is 32.1. The van der Waals surface area contributed by atoms with Gasteiger partial charge in [0.15, 0.2) is 5.65 Å². The second-order valence-corrected chi connectivity index (χ2v) is 8.80. The average Bonchev–Trinajstić information content (AvgIpc) is 3.53. The lowest BCUT2D eigenvalue weighted by Crippen LogP contribution is -2.24. The van der Waals surface area contributed by atoms with Gasteiger partial charge in [-0.3, -0.25) is 14.5 Å². The lowest BCUT2D eigenvalue weighted by Gasteiger charge is -2.07. The zero-order valence-corrected chi connectivity index (χ0v) is 17.9.